The Balaban J connectivity index is 2.40. The average Bonchev–Trinajstić information content (AvgIpc) is 2.38. The summed E-state index contributed by atoms with van der Waals surface area (Å²) in [5.74, 6) is 0.255. The van der Waals surface area contributed by atoms with Crippen LogP contribution in [0.5, 0.6) is 0 Å². The SMILES string of the molecule is CCC(CN)N1CCN(CCS(=O)(=O)C(C)(C)C)CC1. The minimum atomic E-state index is -3.01. The van der Waals surface area contributed by atoms with Gasteiger partial charge in [0.05, 0.1) is 10.5 Å². The Bertz CT molecular complexity index is 378. The van der Waals surface area contributed by atoms with E-state index in [1.807, 2.05) is 0 Å². The summed E-state index contributed by atoms with van der Waals surface area (Å²) in [6.07, 6.45) is 1.08. The zero-order valence-electron chi connectivity index (χ0n) is 13.4. The van der Waals surface area contributed by atoms with E-state index in [9.17, 15) is 8.42 Å². The van der Waals surface area contributed by atoms with Crippen LogP contribution in [0, 0.1) is 0 Å². The fourth-order valence-electron chi connectivity index (χ4n) is 2.48. The molecule has 2 N–H and O–H groups in total. The smallest absolute Gasteiger partial charge is 0.156 e. The topological polar surface area (TPSA) is 66.6 Å². The van der Waals surface area contributed by atoms with E-state index in [4.69, 9.17) is 5.73 Å². The Morgan fingerprint density at radius 2 is 1.70 bits per heavy atom. The van der Waals surface area contributed by atoms with Gasteiger partial charge in [-0.1, -0.05) is 6.92 Å². The zero-order chi connectivity index (χ0) is 15.4. The normalized spacial score (nSPS) is 21.1. The summed E-state index contributed by atoms with van der Waals surface area (Å²) >= 11 is 0. The summed E-state index contributed by atoms with van der Waals surface area (Å²) < 4.78 is 23.6. The lowest BCUT2D eigenvalue weighted by atomic mass is 10.1. The molecule has 1 fully saturated rings. The van der Waals surface area contributed by atoms with E-state index in [-0.39, 0.29) is 5.75 Å². The highest BCUT2D eigenvalue weighted by atomic mass is 32.2. The number of hydrogen-bond donors (Lipinski definition) is 1. The molecule has 1 aliphatic rings. The lowest BCUT2D eigenvalue weighted by Gasteiger charge is -2.38. The van der Waals surface area contributed by atoms with Crippen LogP contribution >= 0.6 is 0 Å². The molecule has 0 aromatic rings. The van der Waals surface area contributed by atoms with E-state index >= 15 is 0 Å². The maximum absolute atomic E-state index is 12.1. The van der Waals surface area contributed by atoms with Crippen LogP contribution in [-0.2, 0) is 9.84 Å². The van der Waals surface area contributed by atoms with Gasteiger partial charge in [0, 0.05) is 45.3 Å². The summed E-state index contributed by atoms with van der Waals surface area (Å²) in [4.78, 5) is 4.68. The van der Waals surface area contributed by atoms with Crippen molar-refractivity contribution in [2.24, 2.45) is 5.73 Å². The molecule has 0 amide bonds. The highest BCUT2D eigenvalue weighted by Crippen LogP contribution is 2.16. The first-order valence-electron chi connectivity index (χ1n) is 7.60. The Kier molecular flexibility index (Phi) is 6.44. The van der Waals surface area contributed by atoms with Crippen LogP contribution in [0.3, 0.4) is 0 Å². The third kappa shape index (κ3) is 4.69. The van der Waals surface area contributed by atoms with Crippen LogP contribution in [0.1, 0.15) is 34.1 Å². The molecule has 0 spiro atoms. The van der Waals surface area contributed by atoms with Crippen molar-refractivity contribution in [1.82, 2.24) is 9.80 Å². The Morgan fingerprint density at radius 3 is 2.10 bits per heavy atom. The molecule has 1 saturated heterocycles. The molecule has 6 heteroatoms. The summed E-state index contributed by atoms with van der Waals surface area (Å²) in [5, 5.41) is 0. The summed E-state index contributed by atoms with van der Waals surface area (Å²) in [5.41, 5.74) is 5.78. The van der Waals surface area contributed by atoms with Gasteiger partial charge in [-0.05, 0) is 27.2 Å². The molecule has 5 nitrogen and oxygen atoms in total. The van der Waals surface area contributed by atoms with Crippen LogP contribution < -0.4 is 5.73 Å². The van der Waals surface area contributed by atoms with E-state index < -0.39 is 14.6 Å². The van der Waals surface area contributed by atoms with E-state index in [1.165, 1.54) is 0 Å². The minimum Gasteiger partial charge on any atom is -0.329 e. The first kappa shape index (κ1) is 17.9. The molecule has 0 aromatic carbocycles. The maximum atomic E-state index is 12.1. The molecule has 0 aromatic heterocycles. The molecule has 1 unspecified atom stereocenters. The predicted molar refractivity (Wildman–Crippen MR) is 84.7 cm³/mol. The van der Waals surface area contributed by atoms with Crippen LogP contribution in [0.15, 0.2) is 0 Å². The lowest BCUT2D eigenvalue weighted by molar-refractivity contribution is 0.101. The fraction of sp³-hybridized carbons (Fsp3) is 1.00. The van der Waals surface area contributed by atoms with E-state index in [0.717, 1.165) is 32.6 Å². The second-order valence-corrected chi connectivity index (χ2v) is 9.47. The first-order chi connectivity index (χ1) is 9.21. The maximum Gasteiger partial charge on any atom is 0.156 e. The largest absolute Gasteiger partial charge is 0.329 e. The van der Waals surface area contributed by atoms with Gasteiger partial charge in [-0.3, -0.25) is 9.80 Å². The number of nitrogens with two attached hydrogens (primary N) is 1. The van der Waals surface area contributed by atoms with Gasteiger partial charge in [-0.25, -0.2) is 8.42 Å². The summed E-state index contributed by atoms with van der Waals surface area (Å²) in [6, 6.07) is 0.468. The average molecular weight is 305 g/mol. The molecular formula is C14H31N3O2S. The quantitative estimate of drug-likeness (QED) is 0.776. The van der Waals surface area contributed by atoms with Crippen LogP contribution in [-0.4, -0.2) is 74.0 Å². The van der Waals surface area contributed by atoms with Crippen molar-refractivity contribution in [2.45, 2.75) is 44.9 Å². The summed E-state index contributed by atoms with van der Waals surface area (Å²) in [6.45, 7) is 12.7. The Hall–Kier alpha value is -0.170. The van der Waals surface area contributed by atoms with Gasteiger partial charge >= 0.3 is 0 Å². The monoisotopic (exact) mass is 305 g/mol. The zero-order valence-corrected chi connectivity index (χ0v) is 14.2. The minimum absolute atomic E-state index is 0.255. The van der Waals surface area contributed by atoms with Crippen molar-refractivity contribution in [3.05, 3.63) is 0 Å². The highest BCUT2D eigenvalue weighted by Gasteiger charge is 2.30. The van der Waals surface area contributed by atoms with E-state index in [1.54, 1.807) is 20.8 Å². The first-order valence-corrected chi connectivity index (χ1v) is 9.25. The van der Waals surface area contributed by atoms with Crippen molar-refractivity contribution >= 4 is 9.84 Å². The molecule has 0 saturated carbocycles. The van der Waals surface area contributed by atoms with Gasteiger partial charge in [0.25, 0.3) is 0 Å². The molecule has 1 rings (SSSR count). The molecule has 0 radical (unpaired) electrons. The lowest BCUT2D eigenvalue weighted by Crippen LogP contribution is -2.53. The van der Waals surface area contributed by atoms with Crippen LogP contribution in [0.4, 0.5) is 0 Å². The highest BCUT2D eigenvalue weighted by molar-refractivity contribution is 7.92. The third-order valence-electron chi connectivity index (χ3n) is 4.28. The van der Waals surface area contributed by atoms with Crippen molar-refractivity contribution in [2.75, 3.05) is 45.0 Å². The van der Waals surface area contributed by atoms with E-state index in [2.05, 4.69) is 16.7 Å². The van der Waals surface area contributed by atoms with Gasteiger partial charge in [0.1, 0.15) is 0 Å². The fourth-order valence-corrected chi connectivity index (χ4v) is 3.59. The number of hydrogen-bond acceptors (Lipinski definition) is 5. The number of sulfone groups is 1. The van der Waals surface area contributed by atoms with Crippen LogP contribution in [0.25, 0.3) is 0 Å². The van der Waals surface area contributed by atoms with E-state index in [0.29, 0.717) is 19.1 Å². The molecule has 1 aliphatic heterocycles. The second kappa shape index (κ2) is 7.20. The van der Waals surface area contributed by atoms with Crippen LogP contribution in [0.2, 0.25) is 0 Å². The van der Waals surface area contributed by atoms with Gasteiger partial charge in [-0.15, -0.1) is 0 Å². The molecular weight excluding hydrogens is 274 g/mol. The molecule has 120 valence electrons. The van der Waals surface area contributed by atoms with Crippen molar-refractivity contribution in [1.29, 1.82) is 0 Å². The van der Waals surface area contributed by atoms with Gasteiger partial charge < -0.3 is 5.73 Å². The molecule has 20 heavy (non-hydrogen) atoms. The number of rotatable bonds is 6. The standard InChI is InChI=1S/C14H31N3O2S/c1-5-13(12-15)17-8-6-16(7-9-17)10-11-20(18,19)14(2,3)4/h13H,5-12,15H2,1-4H3. The predicted octanol–water partition coefficient (Wildman–Crippen LogP) is 0.555. The molecule has 1 atom stereocenters. The second-order valence-electron chi connectivity index (χ2n) is 6.61. The number of piperazine rings is 1. The van der Waals surface area contributed by atoms with Crippen molar-refractivity contribution in [3.8, 4) is 0 Å². The molecule has 0 bridgehead atoms. The third-order valence-corrected chi connectivity index (χ3v) is 6.86. The van der Waals surface area contributed by atoms with Crippen molar-refractivity contribution in [3.63, 3.8) is 0 Å². The van der Waals surface area contributed by atoms with Crippen molar-refractivity contribution < 1.29 is 8.42 Å². The van der Waals surface area contributed by atoms with Gasteiger partial charge in [-0.2, -0.15) is 0 Å². The molecule has 1 heterocycles. The number of nitrogens with zero attached hydrogens (tertiary/aromatic N) is 2. The Labute approximate surface area is 124 Å². The van der Waals surface area contributed by atoms with Gasteiger partial charge in [0.2, 0.25) is 0 Å². The molecule has 0 aliphatic carbocycles. The summed E-state index contributed by atoms with van der Waals surface area (Å²) in [7, 11) is -3.01. The van der Waals surface area contributed by atoms with Gasteiger partial charge in [0.15, 0.2) is 9.84 Å². The Morgan fingerprint density at radius 1 is 1.15 bits per heavy atom.